The van der Waals surface area contributed by atoms with Gasteiger partial charge in [-0.15, -0.1) is 0 Å². The number of ether oxygens (including phenoxy) is 1. The van der Waals surface area contributed by atoms with E-state index in [0.717, 1.165) is 13.2 Å². The monoisotopic (exact) mass is 255 g/mol. The quantitative estimate of drug-likeness (QED) is 0.906. The standard InChI is InChI=1S/C17H21NO/c1-18-12-14-8-5-11-19-17(14)16-10-4-7-13-6-2-3-9-15(13)16/h2-4,6-7,9-10,14,17-18H,5,8,11-12H2,1H3. The lowest BCUT2D eigenvalue weighted by Gasteiger charge is -2.32. The van der Waals surface area contributed by atoms with Gasteiger partial charge in [-0.25, -0.2) is 0 Å². The molecule has 100 valence electrons. The first-order valence-corrected chi connectivity index (χ1v) is 7.14. The zero-order valence-electron chi connectivity index (χ0n) is 11.4. The van der Waals surface area contributed by atoms with Gasteiger partial charge in [0.05, 0.1) is 6.10 Å². The van der Waals surface area contributed by atoms with Gasteiger partial charge in [-0.1, -0.05) is 42.5 Å². The topological polar surface area (TPSA) is 21.3 Å². The first-order valence-electron chi connectivity index (χ1n) is 7.14. The molecule has 0 aromatic heterocycles. The zero-order chi connectivity index (χ0) is 13.1. The highest BCUT2D eigenvalue weighted by Gasteiger charge is 2.27. The van der Waals surface area contributed by atoms with Crippen LogP contribution in [0.1, 0.15) is 24.5 Å². The Bertz CT molecular complexity index is 544. The summed E-state index contributed by atoms with van der Waals surface area (Å²) in [5, 5.41) is 5.94. The molecular formula is C17H21NO. The molecule has 3 rings (SSSR count). The van der Waals surface area contributed by atoms with Crippen molar-refractivity contribution in [1.82, 2.24) is 5.32 Å². The van der Waals surface area contributed by atoms with E-state index in [2.05, 4.69) is 47.8 Å². The van der Waals surface area contributed by atoms with Gasteiger partial charge in [0, 0.05) is 19.1 Å². The molecule has 1 fully saturated rings. The van der Waals surface area contributed by atoms with Gasteiger partial charge in [0.25, 0.3) is 0 Å². The van der Waals surface area contributed by atoms with Crippen molar-refractivity contribution in [3.8, 4) is 0 Å². The summed E-state index contributed by atoms with van der Waals surface area (Å²) in [6.07, 6.45) is 2.65. The number of rotatable bonds is 3. The van der Waals surface area contributed by atoms with Crippen molar-refractivity contribution in [2.45, 2.75) is 18.9 Å². The van der Waals surface area contributed by atoms with Crippen LogP contribution in [0.15, 0.2) is 42.5 Å². The first kappa shape index (κ1) is 12.6. The van der Waals surface area contributed by atoms with Gasteiger partial charge in [0.2, 0.25) is 0 Å². The Morgan fingerprint density at radius 3 is 2.89 bits per heavy atom. The Labute approximate surface area is 114 Å². The normalized spacial score (nSPS) is 23.6. The van der Waals surface area contributed by atoms with Crippen LogP contribution in [-0.4, -0.2) is 20.2 Å². The average Bonchev–Trinajstić information content (AvgIpc) is 2.48. The molecule has 0 bridgehead atoms. The molecule has 1 heterocycles. The molecule has 0 aliphatic carbocycles. The highest BCUT2D eigenvalue weighted by molar-refractivity contribution is 5.86. The molecule has 0 radical (unpaired) electrons. The lowest BCUT2D eigenvalue weighted by atomic mass is 9.87. The van der Waals surface area contributed by atoms with Crippen molar-refractivity contribution in [1.29, 1.82) is 0 Å². The second-order valence-corrected chi connectivity index (χ2v) is 5.32. The fourth-order valence-corrected chi connectivity index (χ4v) is 3.16. The summed E-state index contributed by atoms with van der Waals surface area (Å²) in [5.41, 5.74) is 1.35. The summed E-state index contributed by atoms with van der Waals surface area (Å²) in [5.74, 6) is 0.574. The van der Waals surface area contributed by atoms with Crippen LogP contribution >= 0.6 is 0 Å². The van der Waals surface area contributed by atoms with E-state index >= 15 is 0 Å². The van der Waals surface area contributed by atoms with E-state index in [9.17, 15) is 0 Å². The van der Waals surface area contributed by atoms with Crippen LogP contribution in [0.5, 0.6) is 0 Å². The van der Waals surface area contributed by atoms with Gasteiger partial charge < -0.3 is 10.1 Å². The summed E-state index contributed by atoms with van der Waals surface area (Å²) in [4.78, 5) is 0. The van der Waals surface area contributed by atoms with Crippen LogP contribution in [-0.2, 0) is 4.74 Å². The zero-order valence-corrected chi connectivity index (χ0v) is 11.4. The predicted molar refractivity (Wildman–Crippen MR) is 79.3 cm³/mol. The number of nitrogens with one attached hydrogen (secondary N) is 1. The molecule has 1 saturated heterocycles. The molecule has 1 aliphatic heterocycles. The molecule has 2 aromatic carbocycles. The van der Waals surface area contributed by atoms with Crippen molar-refractivity contribution in [3.05, 3.63) is 48.0 Å². The minimum absolute atomic E-state index is 0.229. The third-order valence-electron chi connectivity index (χ3n) is 4.04. The molecule has 2 aromatic rings. The fraction of sp³-hybridized carbons (Fsp3) is 0.412. The van der Waals surface area contributed by atoms with Gasteiger partial charge in [-0.3, -0.25) is 0 Å². The Kier molecular flexibility index (Phi) is 3.81. The molecule has 19 heavy (non-hydrogen) atoms. The molecule has 2 nitrogen and oxygen atoms in total. The van der Waals surface area contributed by atoms with E-state index in [0.29, 0.717) is 5.92 Å². The van der Waals surface area contributed by atoms with E-state index in [-0.39, 0.29) is 6.10 Å². The summed E-state index contributed by atoms with van der Waals surface area (Å²) in [6.45, 7) is 1.90. The third kappa shape index (κ3) is 2.51. The summed E-state index contributed by atoms with van der Waals surface area (Å²) < 4.78 is 6.10. The average molecular weight is 255 g/mol. The van der Waals surface area contributed by atoms with Crippen LogP contribution in [0.2, 0.25) is 0 Å². The maximum absolute atomic E-state index is 6.10. The van der Waals surface area contributed by atoms with Crippen LogP contribution in [0.25, 0.3) is 10.8 Å². The number of fused-ring (bicyclic) bond motifs is 1. The van der Waals surface area contributed by atoms with Gasteiger partial charge in [-0.2, -0.15) is 0 Å². The largest absolute Gasteiger partial charge is 0.373 e. The molecule has 2 atom stereocenters. The van der Waals surface area contributed by atoms with Gasteiger partial charge in [0.1, 0.15) is 0 Å². The molecule has 0 saturated carbocycles. The first-order chi connectivity index (χ1) is 9.40. The lowest BCUT2D eigenvalue weighted by Crippen LogP contribution is -2.30. The molecule has 0 spiro atoms. The molecule has 0 amide bonds. The van der Waals surface area contributed by atoms with Crippen molar-refractivity contribution >= 4 is 10.8 Å². The highest BCUT2D eigenvalue weighted by Crippen LogP contribution is 2.36. The minimum Gasteiger partial charge on any atom is -0.373 e. The van der Waals surface area contributed by atoms with E-state index in [1.807, 2.05) is 7.05 Å². The van der Waals surface area contributed by atoms with Gasteiger partial charge in [0.15, 0.2) is 0 Å². The fourth-order valence-electron chi connectivity index (χ4n) is 3.16. The maximum atomic E-state index is 6.10. The Morgan fingerprint density at radius 2 is 2.00 bits per heavy atom. The van der Waals surface area contributed by atoms with Gasteiger partial charge >= 0.3 is 0 Å². The summed E-state index contributed by atoms with van der Waals surface area (Å²) >= 11 is 0. The van der Waals surface area contributed by atoms with Crippen LogP contribution in [0.4, 0.5) is 0 Å². The number of hydrogen-bond acceptors (Lipinski definition) is 2. The summed E-state index contributed by atoms with van der Waals surface area (Å²) in [7, 11) is 2.02. The highest BCUT2D eigenvalue weighted by atomic mass is 16.5. The van der Waals surface area contributed by atoms with Crippen molar-refractivity contribution in [2.24, 2.45) is 5.92 Å². The second kappa shape index (κ2) is 5.72. The molecule has 1 aliphatic rings. The van der Waals surface area contributed by atoms with Crippen molar-refractivity contribution < 1.29 is 4.74 Å². The molecule has 1 N–H and O–H groups in total. The van der Waals surface area contributed by atoms with Gasteiger partial charge in [-0.05, 0) is 36.2 Å². The van der Waals surface area contributed by atoms with Crippen LogP contribution in [0, 0.1) is 5.92 Å². The third-order valence-corrected chi connectivity index (χ3v) is 4.04. The Morgan fingerprint density at radius 1 is 1.16 bits per heavy atom. The Balaban J connectivity index is 2.02. The molecule has 2 heteroatoms. The molecule has 2 unspecified atom stereocenters. The minimum atomic E-state index is 0.229. The van der Waals surface area contributed by atoms with Crippen LogP contribution in [0.3, 0.4) is 0 Å². The van der Waals surface area contributed by atoms with E-state index in [1.165, 1.54) is 29.2 Å². The smallest absolute Gasteiger partial charge is 0.0871 e. The Hall–Kier alpha value is -1.38. The van der Waals surface area contributed by atoms with Crippen molar-refractivity contribution in [2.75, 3.05) is 20.2 Å². The van der Waals surface area contributed by atoms with E-state index in [1.54, 1.807) is 0 Å². The molecular weight excluding hydrogens is 234 g/mol. The maximum Gasteiger partial charge on any atom is 0.0871 e. The SMILES string of the molecule is CNCC1CCCOC1c1cccc2ccccc12. The summed E-state index contributed by atoms with van der Waals surface area (Å²) in [6, 6.07) is 15.1. The van der Waals surface area contributed by atoms with E-state index < -0.39 is 0 Å². The number of hydrogen-bond donors (Lipinski definition) is 1. The van der Waals surface area contributed by atoms with Crippen molar-refractivity contribution in [3.63, 3.8) is 0 Å². The van der Waals surface area contributed by atoms with Crippen LogP contribution < -0.4 is 5.32 Å². The second-order valence-electron chi connectivity index (χ2n) is 5.32. The van der Waals surface area contributed by atoms with E-state index in [4.69, 9.17) is 4.74 Å². The lowest BCUT2D eigenvalue weighted by molar-refractivity contribution is -0.0263. The number of benzene rings is 2. The predicted octanol–water partition coefficient (Wildman–Crippen LogP) is 3.53.